The van der Waals surface area contributed by atoms with Crippen molar-refractivity contribution in [2.45, 2.75) is 25.8 Å². The maximum atomic E-state index is 12.0. The molecule has 17 heavy (non-hydrogen) atoms. The van der Waals surface area contributed by atoms with E-state index in [1.165, 1.54) is 17.6 Å². The molecule has 1 aromatic rings. The predicted octanol–water partition coefficient (Wildman–Crippen LogP) is 1.80. The van der Waals surface area contributed by atoms with E-state index in [4.69, 9.17) is 0 Å². The van der Waals surface area contributed by atoms with Gasteiger partial charge >= 0.3 is 6.03 Å². The van der Waals surface area contributed by atoms with Crippen LogP contribution in [0.4, 0.5) is 4.79 Å². The van der Waals surface area contributed by atoms with E-state index in [-0.39, 0.29) is 5.91 Å². The molecule has 1 unspecified atom stereocenters. The van der Waals surface area contributed by atoms with Crippen LogP contribution in [0.25, 0.3) is 0 Å². The van der Waals surface area contributed by atoms with Gasteiger partial charge in [-0.3, -0.25) is 4.79 Å². The molecule has 1 N–H and O–H groups in total. The Bertz CT molecular complexity index is 469. The van der Waals surface area contributed by atoms with Crippen LogP contribution < -0.4 is 5.32 Å². The third-order valence-corrected chi connectivity index (χ3v) is 3.60. The van der Waals surface area contributed by atoms with Crippen LogP contribution in [-0.2, 0) is 4.79 Å². The summed E-state index contributed by atoms with van der Waals surface area (Å²) in [6.45, 7) is 3.55. The molecule has 2 rings (SSSR count). The molecule has 0 radical (unpaired) electrons. The van der Waals surface area contributed by atoms with Crippen molar-refractivity contribution in [3.8, 4) is 0 Å². The highest BCUT2D eigenvalue weighted by Crippen LogP contribution is 2.21. The molecule has 90 valence electrons. The van der Waals surface area contributed by atoms with Crippen LogP contribution in [0.2, 0.25) is 0 Å². The summed E-state index contributed by atoms with van der Waals surface area (Å²) < 4.78 is 0. The second-order valence-electron chi connectivity index (χ2n) is 3.99. The quantitative estimate of drug-likeness (QED) is 0.657. The Morgan fingerprint density at radius 3 is 2.88 bits per heavy atom. The predicted molar refractivity (Wildman–Crippen MR) is 66.0 cm³/mol. The standard InChI is InChI=1S/C11H13N3O2S/c1-3-11(2)9(15)14(10(16)13-11)12-7-8-5-4-6-17-8/h4-7H,3H2,1-2H3,(H,13,16). The number of rotatable bonds is 3. The number of nitrogens with one attached hydrogen (secondary N) is 1. The Hall–Kier alpha value is -1.69. The first-order valence-corrected chi connectivity index (χ1v) is 6.19. The number of carbonyl (C=O) groups excluding carboxylic acids is 2. The van der Waals surface area contributed by atoms with Gasteiger partial charge in [0.05, 0.1) is 6.21 Å². The molecule has 2 heterocycles. The van der Waals surface area contributed by atoms with Gasteiger partial charge in [0.1, 0.15) is 5.54 Å². The van der Waals surface area contributed by atoms with Crippen LogP contribution in [0.5, 0.6) is 0 Å². The molecule has 6 heteroatoms. The fourth-order valence-corrected chi connectivity index (χ4v) is 2.07. The van der Waals surface area contributed by atoms with Gasteiger partial charge in [-0.2, -0.15) is 5.10 Å². The van der Waals surface area contributed by atoms with Crippen molar-refractivity contribution in [1.82, 2.24) is 10.3 Å². The van der Waals surface area contributed by atoms with E-state index in [1.54, 1.807) is 6.92 Å². The number of hydrogen-bond donors (Lipinski definition) is 1. The lowest BCUT2D eigenvalue weighted by Crippen LogP contribution is -2.42. The summed E-state index contributed by atoms with van der Waals surface area (Å²) >= 11 is 1.50. The summed E-state index contributed by atoms with van der Waals surface area (Å²) in [4.78, 5) is 24.5. The number of hydrazone groups is 1. The van der Waals surface area contributed by atoms with Gasteiger partial charge in [-0.25, -0.2) is 4.79 Å². The topological polar surface area (TPSA) is 61.8 Å². The fourth-order valence-electron chi connectivity index (χ4n) is 1.49. The largest absolute Gasteiger partial charge is 0.346 e. The molecular formula is C11H13N3O2S. The lowest BCUT2D eigenvalue weighted by atomic mass is 10.00. The van der Waals surface area contributed by atoms with E-state index in [2.05, 4.69) is 10.4 Å². The lowest BCUT2D eigenvalue weighted by Gasteiger charge is -2.17. The summed E-state index contributed by atoms with van der Waals surface area (Å²) in [6.07, 6.45) is 2.06. The highest BCUT2D eigenvalue weighted by molar-refractivity contribution is 7.11. The number of thiophene rings is 1. The molecule has 1 atom stereocenters. The van der Waals surface area contributed by atoms with Crippen molar-refractivity contribution < 1.29 is 9.59 Å². The van der Waals surface area contributed by atoms with Crippen molar-refractivity contribution >= 4 is 29.5 Å². The molecule has 1 aromatic heterocycles. The van der Waals surface area contributed by atoms with Gasteiger partial charge in [-0.05, 0) is 24.8 Å². The molecule has 0 aliphatic carbocycles. The third-order valence-electron chi connectivity index (χ3n) is 2.79. The van der Waals surface area contributed by atoms with E-state index in [0.29, 0.717) is 6.42 Å². The zero-order valence-corrected chi connectivity index (χ0v) is 10.5. The first-order valence-electron chi connectivity index (χ1n) is 5.31. The zero-order valence-electron chi connectivity index (χ0n) is 9.64. The average Bonchev–Trinajstić information content (AvgIpc) is 2.87. The summed E-state index contributed by atoms with van der Waals surface area (Å²) in [5.41, 5.74) is -0.829. The molecule has 0 aromatic carbocycles. The number of imide groups is 1. The highest BCUT2D eigenvalue weighted by atomic mass is 32.1. The highest BCUT2D eigenvalue weighted by Gasteiger charge is 2.46. The van der Waals surface area contributed by atoms with E-state index >= 15 is 0 Å². The molecule has 3 amide bonds. The normalized spacial score (nSPS) is 24.7. The molecule has 0 bridgehead atoms. The van der Waals surface area contributed by atoms with Gasteiger partial charge in [-0.15, -0.1) is 16.3 Å². The molecule has 1 saturated heterocycles. The Labute approximate surface area is 103 Å². The molecular weight excluding hydrogens is 238 g/mol. The monoisotopic (exact) mass is 251 g/mol. The minimum absolute atomic E-state index is 0.308. The Morgan fingerprint density at radius 2 is 2.35 bits per heavy atom. The average molecular weight is 251 g/mol. The van der Waals surface area contributed by atoms with E-state index < -0.39 is 11.6 Å². The first kappa shape index (κ1) is 11.8. The summed E-state index contributed by atoms with van der Waals surface area (Å²) in [5.74, 6) is -0.308. The van der Waals surface area contributed by atoms with Gasteiger partial charge < -0.3 is 5.32 Å². The van der Waals surface area contributed by atoms with Gasteiger partial charge in [0.15, 0.2) is 0 Å². The van der Waals surface area contributed by atoms with Gasteiger partial charge in [0, 0.05) is 4.88 Å². The van der Waals surface area contributed by atoms with Gasteiger partial charge in [-0.1, -0.05) is 13.0 Å². The van der Waals surface area contributed by atoms with Gasteiger partial charge in [0.25, 0.3) is 5.91 Å². The van der Waals surface area contributed by atoms with E-state index in [0.717, 1.165) is 9.89 Å². The number of nitrogens with zero attached hydrogens (tertiary/aromatic N) is 2. The SMILES string of the molecule is CCC1(C)NC(=O)N(N=Cc2cccs2)C1=O. The van der Waals surface area contributed by atoms with Crippen LogP contribution >= 0.6 is 11.3 Å². The van der Waals surface area contributed by atoms with E-state index in [9.17, 15) is 9.59 Å². The van der Waals surface area contributed by atoms with Crippen LogP contribution in [0.1, 0.15) is 25.1 Å². The number of carbonyl (C=O) groups is 2. The minimum atomic E-state index is -0.829. The first-order chi connectivity index (χ1) is 8.07. The van der Waals surface area contributed by atoms with Crippen LogP contribution in [0.15, 0.2) is 22.6 Å². The molecule has 0 saturated carbocycles. The Balaban J connectivity index is 2.17. The van der Waals surface area contributed by atoms with Crippen molar-refractivity contribution in [1.29, 1.82) is 0 Å². The summed E-state index contributed by atoms with van der Waals surface area (Å²) in [7, 11) is 0. The molecule has 1 fully saturated rings. The van der Waals surface area contributed by atoms with E-state index in [1.807, 2.05) is 24.4 Å². The fraction of sp³-hybridized carbons (Fsp3) is 0.364. The molecule has 5 nitrogen and oxygen atoms in total. The maximum absolute atomic E-state index is 12.0. The van der Waals surface area contributed by atoms with Crippen molar-refractivity contribution in [3.63, 3.8) is 0 Å². The van der Waals surface area contributed by atoms with Crippen LogP contribution in [0.3, 0.4) is 0 Å². The maximum Gasteiger partial charge on any atom is 0.346 e. The van der Waals surface area contributed by atoms with Crippen LogP contribution in [0, 0.1) is 0 Å². The summed E-state index contributed by atoms with van der Waals surface area (Å²) in [6, 6.07) is 3.28. The number of hydrogen-bond acceptors (Lipinski definition) is 4. The molecule has 0 spiro atoms. The van der Waals surface area contributed by atoms with Gasteiger partial charge in [0.2, 0.25) is 0 Å². The lowest BCUT2D eigenvalue weighted by molar-refractivity contribution is -0.130. The second kappa shape index (κ2) is 4.29. The number of amides is 3. The Kier molecular flexibility index (Phi) is 2.97. The zero-order chi connectivity index (χ0) is 12.5. The van der Waals surface area contributed by atoms with Crippen molar-refractivity contribution in [2.24, 2.45) is 5.10 Å². The molecule has 1 aliphatic rings. The van der Waals surface area contributed by atoms with Crippen LogP contribution in [-0.4, -0.2) is 28.7 Å². The Morgan fingerprint density at radius 1 is 1.59 bits per heavy atom. The van der Waals surface area contributed by atoms with Crippen molar-refractivity contribution in [3.05, 3.63) is 22.4 Å². The third kappa shape index (κ3) is 2.08. The molecule has 1 aliphatic heterocycles. The summed E-state index contributed by atoms with van der Waals surface area (Å²) in [5, 5.41) is 9.36. The van der Waals surface area contributed by atoms with Crippen molar-refractivity contribution in [2.75, 3.05) is 0 Å². The minimum Gasteiger partial charge on any atom is -0.322 e. The smallest absolute Gasteiger partial charge is 0.322 e. The second-order valence-corrected chi connectivity index (χ2v) is 4.97. The number of urea groups is 1.